The zero-order valence-electron chi connectivity index (χ0n) is 10.3. The van der Waals surface area contributed by atoms with E-state index in [1.54, 1.807) is 6.92 Å². The molecule has 0 unspecified atom stereocenters. The summed E-state index contributed by atoms with van der Waals surface area (Å²) in [4.78, 5) is 14.6. The molecule has 2 aromatic rings. The zero-order valence-corrected chi connectivity index (χ0v) is 10.3. The van der Waals surface area contributed by atoms with Crippen molar-refractivity contribution in [1.29, 1.82) is 0 Å². The minimum Gasteiger partial charge on any atom is -0.475 e. The molecule has 0 aliphatic carbocycles. The van der Waals surface area contributed by atoms with Crippen LogP contribution in [0.15, 0.2) is 24.3 Å². The third-order valence-electron chi connectivity index (χ3n) is 2.62. The van der Waals surface area contributed by atoms with Crippen LogP contribution in [0, 0.1) is 0 Å². The number of halogens is 3. The average molecular weight is 285 g/mol. The molecule has 8 heteroatoms. The van der Waals surface area contributed by atoms with Gasteiger partial charge < -0.3 is 5.11 Å². The molecular weight excluding hydrogens is 275 g/mol. The fraction of sp³-hybridized carbons (Fsp3) is 0.250. The number of aromatic carboxylic acids is 1. The Morgan fingerprint density at radius 2 is 1.90 bits per heavy atom. The van der Waals surface area contributed by atoms with Gasteiger partial charge in [-0.05, 0) is 24.3 Å². The number of carbonyl (C=O) groups is 1. The van der Waals surface area contributed by atoms with Crippen molar-refractivity contribution < 1.29 is 23.1 Å². The minimum absolute atomic E-state index is 0.329. The number of alkyl halides is 3. The number of carboxylic acid groups (broad SMARTS) is 1. The van der Waals surface area contributed by atoms with Crippen LogP contribution in [0.2, 0.25) is 0 Å². The molecule has 2 rings (SSSR count). The Hall–Kier alpha value is -2.38. The summed E-state index contributed by atoms with van der Waals surface area (Å²) in [5, 5.41) is 12.6. The summed E-state index contributed by atoms with van der Waals surface area (Å²) in [6.07, 6.45) is -4.01. The molecule has 0 aliphatic rings. The minimum atomic E-state index is -4.42. The lowest BCUT2D eigenvalue weighted by molar-refractivity contribution is -0.137. The van der Waals surface area contributed by atoms with Gasteiger partial charge in [0.25, 0.3) is 5.82 Å². The van der Waals surface area contributed by atoms with Gasteiger partial charge >= 0.3 is 12.1 Å². The van der Waals surface area contributed by atoms with Crippen LogP contribution < -0.4 is 0 Å². The number of rotatable bonds is 3. The topological polar surface area (TPSA) is 68.0 Å². The second kappa shape index (κ2) is 4.95. The first-order valence-corrected chi connectivity index (χ1v) is 5.69. The van der Waals surface area contributed by atoms with Gasteiger partial charge in [-0.15, -0.1) is 5.10 Å². The monoisotopic (exact) mass is 285 g/mol. The predicted octanol–water partition coefficient (Wildman–Crippen LogP) is 2.55. The summed E-state index contributed by atoms with van der Waals surface area (Å²) in [7, 11) is 0. The van der Waals surface area contributed by atoms with Crippen molar-refractivity contribution in [2.75, 3.05) is 0 Å². The van der Waals surface area contributed by atoms with Gasteiger partial charge in [0.2, 0.25) is 0 Å². The average Bonchev–Trinajstić information content (AvgIpc) is 2.82. The largest absolute Gasteiger partial charge is 0.475 e. The molecule has 0 spiro atoms. The highest BCUT2D eigenvalue weighted by Gasteiger charge is 2.30. The fourth-order valence-corrected chi connectivity index (χ4v) is 1.66. The number of nitrogens with zero attached hydrogens (tertiary/aromatic N) is 3. The van der Waals surface area contributed by atoms with Gasteiger partial charge in [-0.3, -0.25) is 0 Å². The maximum absolute atomic E-state index is 12.5. The Labute approximate surface area is 111 Å². The van der Waals surface area contributed by atoms with E-state index in [1.807, 2.05) is 0 Å². The second-order valence-electron chi connectivity index (χ2n) is 3.97. The summed E-state index contributed by atoms with van der Waals surface area (Å²) in [6.45, 7) is 1.75. The molecule has 0 fully saturated rings. The lowest BCUT2D eigenvalue weighted by Crippen LogP contribution is -2.07. The van der Waals surface area contributed by atoms with Crippen LogP contribution in [0.4, 0.5) is 13.2 Å². The molecule has 0 radical (unpaired) electrons. The molecule has 5 nitrogen and oxygen atoms in total. The maximum Gasteiger partial charge on any atom is 0.416 e. The molecule has 0 aliphatic heterocycles. The van der Waals surface area contributed by atoms with Crippen LogP contribution in [-0.2, 0) is 12.6 Å². The van der Waals surface area contributed by atoms with Crippen LogP contribution in [-0.4, -0.2) is 25.8 Å². The standard InChI is InChI=1S/C12H10F3N3O2/c1-2-9-16-10(11(19)20)17-18(9)8-5-3-7(4-6-8)12(13,14)15/h3-6H,2H2,1H3,(H,19,20). The third kappa shape index (κ3) is 2.63. The van der Waals surface area contributed by atoms with Gasteiger partial charge in [-0.25, -0.2) is 14.5 Å². The molecule has 0 bridgehead atoms. The van der Waals surface area contributed by atoms with E-state index in [2.05, 4.69) is 10.1 Å². The first-order valence-electron chi connectivity index (χ1n) is 5.69. The lowest BCUT2D eigenvalue weighted by atomic mass is 10.2. The van der Waals surface area contributed by atoms with Crippen molar-refractivity contribution in [2.45, 2.75) is 19.5 Å². The summed E-state index contributed by atoms with van der Waals surface area (Å²) in [6, 6.07) is 4.28. The van der Waals surface area contributed by atoms with Crippen LogP contribution in [0.3, 0.4) is 0 Å². The van der Waals surface area contributed by atoms with Crippen molar-refractivity contribution in [3.8, 4) is 5.69 Å². The Balaban J connectivity index is 2.43. The van der Waals surface area contributed by atoms with Crippen LogP contribution in [0.5, 0.6) is 0 Å². The molecule has 0 saturated heterocycles. The van der Waals surface area contributed by atoms with Crippen molar-refractivity contribution in [2.24, 2.45) is 0 Å². The Kier molecular flexibility index (Phi) is 3.47. The number of hydrogen-bond donors (Lipinski definition) is 1. The molecule has 1 N–H and O–H groups in total. The molecule has 0 amide bonds. The van der Waals surface area contributed by atoms with E-state index in [4.69, 9.17) is 5.11 Å². The summed E-state index contributed by atoms with van der Waals surface area (Å²) < 4.78 is 38.6. The van der Waals surface area contributed by atoms with E-state index in [-0.39, 0.29) is 5.82 Å². The van der Waals surface area contributed by atoms with E-state index in [0.29, 0.717) is 17.9 Å². The maximum atomic E-state index is 12.5. The van der Waals surface area contributed by atoms with E-state index in [9.17, 15) is 18.0 Å². The first kappa shape index (κ1) is 14.0. The Morgan fingerprint density at radius 1 is 1.30 bits per heavy atom. The fourth-order valence-electron chi connectivity index (χ4n) is 1.66. The first-order chi connectivity index (χ1) is 9.32. The smallest absolute Gasteiger partial charge is 0.416 e. The Morgan fingerprint density at radius 3 is 2.35 bits per heavy atom. The molecule has 1 heterocycles. The van der Waals surface area contributed by atoms with Crippen molar-refractivity contribution in [3.63, 3.8) is 0 Å². The number of hydrogen-bond acceptors (Lipinski definition) is 3. The number of aryl methyl sites for hydroxylation is 1. The van der Waals surface area contributed by atoms with Gasteiger partial charge in [0.1, 0.15) is 5.82 Å². The van der Waals surface area contributed by atoms with Crippen molar-refractivity contribution in [1.82, 2.24) is 14.8 Å². The molecule has 20 heavy (non-hydrogen) atoms. The highest BCUT2D eigenvalue weighted by Crippen LogP contribution is 2.29. The van der Waals surface area contributed by atoms with Crippen LogP contribution >= 0.6 is 0 Å². The summed E-state index contributed by atoms with van der Waals surface area (Å²) in [5.74, 6) is -1.31. The SMILES string of the molecule is CCc1nc(C(=O)O)nn1-c1ccc(C(F)(F)F)cc1. The Bertz CT molecular complexity index is 632. The third-order valence-corrected chi connectivity index (χ3v) is 2.62. The van der Waals surface area contributed by atoms with Crippen LogP contribution in [0.1, 0.15) is 28.9 Å². The van der Waals surface area contributed by atoms with E-state index >= 15 is 0 Å². The molecule has 0 saturated carbocycles. The van der Waals surface area contributed by atoms with Gasteiger partial charge in [-0.2, -0.15) is 13.2 Å². The zero-order chi connectivity index (χ0) is 14.9. The van der Waals surface area contributed by atoms with E-state index < -0.39 is 17.7 Å². The van der Waals surface area contributed by atoms with Crippen LogP contribution in [0.25, 0.3) is 5.69 Å². The van der Waals surface area contributed by atoms with Crippen molar-refractivity contribution >= 4 is 5.97 Å². The number of benzene rings is 1. The molecular formula is C12H10F3N3O2. The number of aromatic nitrogens is 3. The van der Waals surface area contributed by atoms with Gasteiger partial charge in [-0.1, -0.05) is 6.92 Å². The van der Waals surface area contributed by atoms with Gasteiger partial charge in [0.05, 0.1) is 11.3 Å². The molecule has 106 valence electrons. The molecule has 1 aromatic heterocycles. The quantitative estimate of drug-likeness (QED) is 0.941. The highest BCUT2D eigenvalue weighted by atomic mass is 19.4. The summed E-state index contributed by atoms with van der Waals surface area (Å²) in [5.41, 5.74) is -0.451. The van der Waals surface area contributed by atoms with Gasteiger partial charge in [0, 0.05) is 6.42 Å². The van der Waals surface area contributed by atoms with Crippen molar-refractivity contribution in [3.05, 3.63) is 41.5 Å². The van der Waals surface area contributed by atoms with E-state index in [0.717, 1.165) is 12.1 Å². The lowest BCUT2D eigenvalue weighted by Gasteiger charge is -2.08. The molecule has 0 atom stereocenters. The highest BCUT2D eigenvalue weighted by molar-refractivity contribution is 5.83. The van der Waals surface area contributed by atoms with Gasteiger partial charge in [0.15, 0.2) is 0 Å². The molecule has 1 aromatic carbocycles. The second-order valence-corrected chi connectivity index (χ2v) is 3.97. The van der Waals surface area contributed by atoms with E-state index in [1.165, 1.54) is 16.8 Å². The normalized spacial score (nSPS) is 11.6. The number of carboxylic acids is 1. The predicted molar refractivity (Wildman–Crippen MR) is 62.7 cm³/mol. The summed E-state index contributed by atoms with van der Waals surface area (Å²) >= 11 is 0.